The van der Waals surface area contributed by atoms with Crippen LogP contribution in [0.3, 0.4) is 0 Å². The van der Waals surface area contributed by atoms with Gasteiger partial charge in [-0.05, 0) is 29.3 Å². The molecule has 0 amide bonds. The van der Waals surface area contributed by atoms with Gasteiger partial charge >= 0.3 is 0 Å². The van der Waals surface area contributed by atoms with Gasteiger partial charge in [0.25, 0.3) is 5.56 Å². The van der Waals surface area contributed by atoms with E-state index in [1.165, 1.54) is 0 Å². The van der Waals surface area contributed by atoms with Gasteiger partial charge in [-0.3, -0.25) is 9.36 Å². The number of methoxy groups -OCH3 is 1. The first kappa shape index (κ1) is 17.1. The Morgan fingerprint density at radius 3 is 2.82 bits per heavy atom. The van der Waals surface area contributed by atoms with Gasteiger partial charge in [-0.15, -0.1) is 0 Å². The number of hydrogen-bond donors (Lipinski definition) is 0. The van der Waals surface area contributed by atoms with Crippen LogP contribution in [0.15, 0.2) is 59.0 Å². The van der Waals surface area contributed by atoms with Crippen molar-refractivity contribution in [1.29, 1.82) is 0 Å². The third-order valence-corrected chi connectivity index (χ3v) is 6.19. The summed E-state index contributed by atoms with van der Waals surface area (Å²) in [5.41, 5.74) is 4.63. The molecule has 28 heavy (non-hydrogen) atoms. The van der Waals surface area contributed by atoms with Crippen molar-refractivity contribution in [2.75, 3.05) is 12.9 Å². The van der Waals surface area contributed by atoms with Crippen LogP contribution in [-0.2, 0) is 13.1 Å². The van der Waals surface area contributed by atoms with Crippen LogP contribution in [0.25, 0.3) is 28.0 Å². The highest BCUT2D eigenvalue weighted by atomic mass is 32.2. The molecule has 0 aliphatic carbocycles. The zero-order valence-corrected chi connectivity index (χ0v) is 16.3. The smallest absolute Gasteiger partial charge is 0.278 e. The molecule has 0 saturated heterocycles. The summed E-state index contributed by atoms with van der Waals surface area (Å²) in [5, 5.41) is 1.75. The minimum absolute atomic E-state index is 0.0304. The molecule has 1 aliphatic heterocycles. The van der Waals surface area contributed by atoms with Crippen molar-refractivity contribution in [3.8, 4) is 5.75 Å². The third kappa shape index (κ3) is 2.56. The first-order valence-corrected chi connectivity index (χ1v) is 10.1. The number of thioether (sulfide) groups is 1. The molecule has 0 unspecified atom stereocenters. The van der Waals surface area contributed by atoms with Crippen LogP contribution in [0.2, 0.25) is 0 Å². The highest BCUT2D eigenvalue weighted by Gasteiger charge is 2.22. The van der Waals surface area contributed by atoms with Crippen molar-refractivity contribution in [1.82, 2.24) is 14.1 Å². The van der Waals surface area contributed by atoms with Crippen molar-refractivity contribution in [2.45, 2.75) is 18.2 Å². The molecule has 0 fully saturated rings. The van der Waals surface area contributed by atoms with E-state index in [9.17, 15) is 4.79 Å². The van der Waals surface area contributed by atoms with Crippen LogP contribution in [0.5, 0.6) is 5.75 Å². The summed E-state index contributed by atoms with van der Waals surface area (Å²) in [6.07, 6.45) is 1.83. The van der Waals surface area contributed by atoms with Crippen molar-refractivity contribution < 1.29 is 4.74 Å². The molecule has 140 valence electrons. The van der Waals surface area contributed by atoms with E-state index in [4.69, 9.17) is 9.72 Å². The average Bonchev–Trinajstić information content (AvgIpc) is 3.32. The number of aromatic nitrogens is 3. The molecule has 0 spiro atoms. The second-order valence-electron chi connectivity index (χ2n) is 6.81. The summed E-state index contributed by atoms with van der Waals surface area (Å²) in [4.78, 5) is 18.1. The highest BCUT2D eigenvalue weighted by Crippen LogP contribution is 2.32. The highest BCUT2D eigenvalue weighted by molar-refractivity contribution is 7.99. The fourth-order valence-corrected chi connectivity index (χ4v) is 4.73. The largest absolute Gasteiger partial charge is 0.497 e. The lowest BCUT2D eigenvalue weighted by atomic mass is 10.1. The van der Waals surface area contributed by atoms with E-state index in [2.05, 4.69) is 23.3 Å². The summed E-state index contributed by atoms with van der Waals surface area (Å²) >= 11 is 1.63. The SMILES string of the molecule is C=Cc1ccc(Cn2c3ccc(OC)cc3c3nc4n(c(=O)c32)CCS4)cc1. The topological polar surface area (TPSA) is 49.0 Å². The second-order valence-corrected chi connectivity index (χ2v) is 7.87. The predicted octanol–water partition coefficient (Wildman–Crippen LogP) is 4.16. The lowest BCUT2D eigenvalue weighted by Crippen LogP contribution is -2.22. The maximum Gasteiger partial charge on any atom is 0.278 e. The van der Waals surface area contributed by atoms with Crippen LogP contribution in [-0.4, -0.2) is 27.0 Å². The standard InChI is InChI=1S/C22H19N3O2S/c1-3-14-4-6-15(7-5-14)13-25-18-9-8-16(27-2)12-17(18)19-20(25)21(26)24-10-11-28-22(24)23-19/h3-9,12H,1,10-11,13H2,2H3. The quantitative estimate of drug-likeness (QED) is 0.492. The number of fused-ring (bicyclic) bond motifs is 4. The Kier molecular flexibility index (Phi) is 4.02. The third-order valence-electron chi connectivity index (χ3n) is 5.23. The monoisotopic (exact) mass is 389 g/mol. The Labute approximate surface area is 166 Å². The van der Waals surface area contributed by atoms with Gasteiger partial charge in [0.15, 0.2) is 5.16 Å². The molecule has 6 heteroatoms. The Morgan fingerprint density at radius 1 is 1.25 bits per heavy atom. The van der Waals surface area contributed by atoms with Gasteiger partial charge in [-0.1, -0.05) is 48.7 Å². The summed E-state index contributed by atoms with van der Waals surface area (Å²) in [7, 11) is 1.65. The van der Waals surface area contributed by atoms with E-state index in [-0.39, 0.29) is 5.56 Å². The van der Waals surface area contributed by atoms with Gasteiger partial charge in [0.05, 0.1) is 12.6 Å². The first-order valence-electron chi connectivity index (χ1n) is 9.14. The normalized spacial score (nSPS) is 13.2. The molecule has 3 heterocycles. The van der Waals surface area contributed by atoms with Gasteiger partial charge in [-0.2, -0.15) is 0 Å². The van der Waals surface area contributed by atoms with Crippen LogP contribution in [0, 0.1) is 0 Å². The van der Waals surface area contributed by atoms with Crippen molar-refractivity contribution in [3.05, 3.63) is 70.5 Å². The van der Waals surface area contributed by atoms with Gasteiger partial charge in [0.2, 0.25) is 0 Å². The molecule has 2 aromatic carbocycles. The Hall–Kier alpha value is -2.99. The van der Waals surface area contributed by atoms with Crippen LogP contribution in [0.4, 0.5) is 0 Å². The zero-order chi connectivity index (χ0) is 19.3. The summed E-state index contributed by atoms with van der Waals surface area (Å²) in [6.45, 7) is 5.12. The molecule has 0 bridgehead atoms. The Morgan fingerprint density at radius 2 is 2.07 bits per heavy atom. The van der Waals surface area contributed by atoms with Crippen LogP contribution in [0.1, 0.15) is 11.1 Å². The first-order chi connectivity index (χ1) is 13.7. The van der Waals surface area contributed by atoms with E-state index in [0.717, 1.165) is 44.2 Å². The molecule has 0 saturated carbocycles. The fraction of sp³-hybridized carbons (Fsp3) is 0.182. The van der Waals surface area contributed by atoms with Gasteiger partial charge in [0, 0.05) is 24.2 Å². The molecule has 5 rings (SSSR count). The molecule has 0 N–H and O–H groups in total. The maximum absolute atomic E-state index is 13.3. The number of ether oxygens (including phenoxy) is 1. The molecule has 0 radical (unpaired) electrons. The van der Waals surface area contributed by atoms with Crippen LogP contribution >= 0.6 is 11.8 Å². The van der Waals surface area contributed by atoms with E-state index in [1.807, 2.05) is 36.4 Å². The van der Waals surface area contributed by atoms with Crippen molar-refractivity contribution in [2.24, 2.45) is 0 Å². The Bertz CT molecular complexity index is 1290. The minimum atomic E-state index is 0.0304. The van der Waals surface area contributed by atoms with Gasteiger partial charge < -0.3 is 9.30 Å². The molecule has 1 aliphatic rings. The summed E-state index contributed by atoms with van der Waals surface area (Å²) < 4.78 is 9.29. The van der Waals surface area contributed by atoms with Crippen molar-refractivity contribution in [3.63, 3.8) is 0 Å². The number of hydrogen-bond acceptors (Lipinski definition) is 4. The van der Waals surface area contributed by atoms with E-state index < -0.39 is 0 Å². The molecular formula is C22H19N3O2S. The van der Waals surface area contributed by atoms with E-state index >= 15 is 0 Å². The average molecular weight is 389 g/mol. The number of benzene rings is 2. The molecule has 0 atom stereocenters. The Balaban J connectivity index is 1.79. The second kappa shape index (κ2) is 6.56. The van der Waals surface area contributed by atoms with Gasteiger partial charge in [0.1, 0.15) is 16.8 Å². The molecular weight excluding hydrogens is 370 g/mol. The van der Waals surface area contributed by atoms with E-state index in [1.54, 1.807) is 23.4 Å². The molecule has 2 aromatic heterocycles. The summed E-state index contributed by atoms with van der Waals surface area (Å²) in [5.74, 6) is 1.65. The van der Waals surface area contributed by atoms with E-state index in [0.29, 0.717) is 18.6 Å². The maximum atomic E-state index is 13.3. The van der Waals surface area contributed by atoms with Crippen molar-refractivity contribution >= 4 is 39.8 Å². The number of rotatable bonds is 4. The molecule has 4 aromatic rings. The summed E-state index contributed by atoms with van der Waals surface area (Å²) in [6, 6.07) is 14.1. The fourth-order valence-electron chi connectivity index (χ4n) is 3.79. The lowest BCUT2D eigenvalue weighted by molar-refractivity contribution is 0.415. The minimum Gasteiger partial charge on any atom is -0.497 e. The zero-order valence-electron chi connectivity index (χ0n) is 15.5. The van der Waals surface area contributed by atoms with Gasteiger partial charge in [-0.25, -0.2) is 4.98 Å². The lowest BCUT2D eigenvalue weighted by Gasteiger charge is -2.09. The molecule has 5 nitrogen and oxygen atoms in total. The van der Waals surface area contributed by atoms with Crippen LogP contribution < -0.4 is 10.3 Å². The number of nitrogens with zero attached hydrogens (tertiary/aromatic N) is 3. The predicted molar refractivity (Wildman–Crippen MR) is 114 cm³/mol.